The van der Waals surface area contributed by atoms with Crippen LogP contribution >= 0.6 is 0 Å². The van der Waals surface area contributed by atoms with Crippen LogP contribution in [0.1, 0.15) is 25.8 Å². The number of hydrogen-bond acceptors (Lipinski definition) is 2. The zero-order chi connectivity index (χ0) is 13.7. The van der Waals surface area contributed by atoms with Crippen molar-refractivity contribution in [2.75, 3.05) is 6.54 Å². The van der Waals surface area contributed by atoms with E-state index < -0.39 is 17.6 Å². The minimum atomic E-state index is -1.01. The molecule has 5 heteroatoms. The van der Waals surface area contributed by atoms with Crippen LogP contribution in [-0.4, -0.2) is 28.6 Å². The normalized spacial score (nSPS) is 12.7. The summed E-state index contributed by atoms with van der Waals surface area (Å²) in [4.78, 5) is 12.3. The number of carboxylic acids is 1. The summed E-state index contributed by atoms with van der Waals surface area (Å²) >= 11 is 0. The largest absolute Gasteiger partial charge is 0.480 e. The maximum absolute atomic E-state index is 13.5. The summed E-state index contributed by atoms with van der Waals surface area (Å²) in [6, 6.07) is 3.58. The Bertz CT molecular complexity index is 403. The van der Waals surface area contributed by atoms with Crippen LogP contribution in [0.5, 0.6) is 0 Å². The van der Waals surface area contributed by atoms with E-state index in [2.05, 4.69) is 0 Å². The summed E-state index contributed by atoms with van der Waals surface area (Å²) in [5.74, 6) is -2.30. The van der Waals surface area contributed by atoms with Gasteiger partial charge in [-0.25, -0.2) is 8.78 Å². The molecule has 0 amide bonds. The Morgan fingerprint density at radius 1 is 1.39 bits per heavy atom. The van der Waals surface area contributed by atoms with Crippen molar-refractivity contribution in [1.29, 1.82) is 0 Å². The lowest BCUT2D eigenvalue weighted by Crippen LogP contribution is -2.37. The van der Waals surface area contributed by atoms with Gasteiger partial charge in [-0.3, -0.25) is 9.69 Å². The molecular weight excluding hydrogens is 240 g/mol. The number of carbonyl (C=O) groups is 1. The molecule has 0 heterocycles. The van der Waals surface area contributed by atoms with Gasteiger partial charge in [0.25, 0.3) is 0 Å². The molecule has 0 aliphatic carbocycles. The standard InChI is InChI=1S/C13H17F2NO2/c1-3-9(2)16(8-13(17)18)7-10-11(14)5-4-6-12(10)15/h4-6,9H,3,7-8H2,1-2H3,(H,17,18). The first-order valence-corrected chi connectivity index (χ1v) is 5.84. The van der Waals surface area contributed by atoms with Crippen molar-refractivity contribution in [2.45, 2.75) is 32.9 Å². The molecule has 0 fully saturated rings. The molecule has 0 aliphatic heterocycles. The third-order valence-electron chi connectivity index (χ3n) is 2.98. The average Bonchev–Trinajstić information content (AvgIpc) is 2.31. The number of carboxylic acid groups (broad SMARTS) is 1. The Morgan fingerprint density at radius 2 is 1.94 bits per heavy atom. The van der Waals surface area contributed by atoms with Gasteiger partial charge in [-0.05, 0) is 25.5 Å². The van der Waals surface area contributed by atoms with Gasteiger partial charge in [0.05, 0.1) is 6.54 Å². The number of benzene rings is 1. The fraction of sp³-hybridized carbons (Fsp3) is 0.462. The summed E-state index contributed by atoms with van der Waals surface area (Å²) < 4.78 is 27.0. The van der Waals surface area contributed by atoms with Gasteiger partial charge in [0, 0.05) is 18.2 Å². The van der Waals surface area contributed by atoms with Crippen molar-refractivity contribution in [1.82, 2.24) is 4.90 Å². The number of hydrogen-bond donors (Lipinski definition) is 1. The fourth-order valence-electron chi connectivity index (χ4n) is 1.69. The van der Waals surface area contributed by atoms with Gasteiger partial charge < -0.3 is 5.11 Å². The molecule has 0 aliphatic rings. The molecule has 1 aromatic carbocycles. The summed E-state index contributed by atoms with van der Waals surface area (Å²) in [5.41, 5.74) is -0.0842. The molecule has 100 valence electrons. The zero-order valence-electron chi connectivity index (χ0n) is 10.5. The van der Waals surface area contributed by atoms with E-state index in [-0.39, 0.29) is 24.7 Å². The molecule has 1 N–H and O–H groups in total. The molecular formula is C13H17F2NO2. The van der Waals surface area contributed by atoms with E-state index in [1.807, 2.05) is 13.8 Å². The molecule has 0 bridgehead atoms. The summed E-state index contributed by atoms with van der Waals surface area (Å²) in [6.45, 7) is 3.46. The van der Waals surface area contributed by atoms with Crippen molar-refractivity contribution < 1.29 is 18.7 Å². The summed E-state index contributed by atoms with van der Waals surface area (Å²) in [5, 5.41) is 8.82. The highest BCUT2D eigenvalue weighted by Crippen LogP contribution is 2.16. The van der Waals surface area contributed by atoms with Crippen molar-refractivity contribution >= 4 is 5.97 Å². The Labute approximate surface area is 105 Å². The number of halogens is 2. The number of nitrogens with zero attached hydrogens (tertiary/aromatic N) is 1. The predicted molar refractivity (Wildman–Crippen MR) is 64.2 cm³/mol. The van der Waals surface area contributed by atoms with Gasteiger partial charge in [0.1, 0.15) is 11.6 Å². The van der Waals surface area contributed by atoms with Crippen LogP contribution in [0, 0.1) is 11.6 Å². The van der Waals surface area contributed by atoms with E-state index in [1.165, 1.54) is 18.2 Å². The fourth-order valence-corrected chi connectivity index (χ4v) is 1.69. The highest BCUT2D eigenvalue weighted by atomic mass is 19.1. The monoisotopic (exact) mass is 257 g/mol. The van der Waals surface area contributed by atoms with Crippen molar-refractivity contribution in [3.8, 4) is 0 Å². The smallest absolute Gasteiger partial charge is 0.317 e. The Morgan fingerprint density at radius 3 is 2.39 bits per heavy atom. The van der Waals surface area contributed by atoms with Crippen LogP contribution in [0.15, 0.2) is 18.2 Å². The van der Waals surface area contributed by atoms with E-state index in [0.717, 1.165) is 0 Å². The van der Waals surface area contributed by atoms with E-state index in [1.54, 1.807) is 4.90 Å². The quantitative estimate of drug-likeness (QED) is 0.851. The third kappa shape index (κ3) is 3.77. The maximum Gasteiger partial charge on any atom is 0.317 e. The second-order valence-corrected chi connectivity index (χ2v) is 4.26. The molecule has 0 spiro atoms. The molecule has 1 atom stereocenters. The van der Waals surface area contributed by atoms with Gasteiger partial charge >= 0.3 is 5.97 Å². The SMILES string of the molecule is CCC(C)N(CC(=O)O)Cc1c(F)cccc1F. The topological polar surface area (TPSA) is 40.5 Å². The van der Waals surface area contributed by atoms with Crippen molar-refractivity contribution in [3.05, 3.63) is 35.4 Å². The lowest BCUT2D eigenvalue weighted by molar-refractivity contribution is -0.139. The predicted octanol–water partition coefficient (Wildman–Crippen LogP) is 2.65. The first-order chi connectivity index (χ1) is 8.45. The van der Waals surface area contributed by atoms with Crippen LogP contribution in [0.3, 0.4) is 0 Å². The highest BCUT2D eigenvalue weighted by Gasteiger charge is 2.19. The average molecular weight is 257 g/mol. The van der Waals surface area contributed by atoms with Crippen LogP contribution in [0.2, 0.25) is 0 Å². The first-order valence-electron chi connectivity index (χ1n) is 5.84. The first kappa shape index (κ1) is 14.6. The van der Waals surface area contributed by atoms with E-state index >= 15 is 0 Å². The van der Waals surface area contributed by atoms with Gasteiger partial charge in [0.15, 0.2) is 0 Å². The Balaban J connectivity index is 2.92. The second kappa shape index (κ2) is 6.44. The number of rotatable bonds is 6. The molecule has 1 aromatic rings. The second-order valence-electron chi connectivity index (χ2n) is 4.26. The maximum atomic E-state index is 13.5. The molecule has 18 heavy (non-hydrogen) atoms. The summed E-state index contributed by atoms with van der Waals surface area (Å²) in [6.07, 6.45) is 0.712. The van der Waals surface area contributed by atoms with Gasteiger partial charge in [-0.1, -0.05) is 13.0 Å². The van der Waals surface area contributed by atoms with Gasteiger partial charge in [-0.15, -0.1) is 0 Å². The van der Waals surface area contributed by atoms with Crippen LogP contribution < -0.4 is 0 Å². The van der Waals surface area contributed by atoms with Gasteiger partial charge in [0.2, 0.25) is 0 Å². The summed E-state index contributed by atoms with van der Waals surface area (Å²) in [7, 11) is 0. The Hall–Kier alpha value is -1.49. The Kier molecular flexibility index (Phi) is 5.22. The minimum Gasteiger partial charge on any atom is -0.480 e. The van der Waals surface area contributed by atoms with Crippen LogP contribution in [0.25, 0.3) is 0 Å². The van der Waals surface area contributed by atoms with Crippen LogP contribution in [0.4, 0.5) is 8.78 Å². The van der Waals surface area contributed by atoms with Crippen LogP contribution in [-0.2, 0) is 11.3 Å². The van der Waals surface area contributed by atoms with E-state index in [4.69, 9.17) is 5.11 Å². The molecule has 0 aromatic heterocycles. The molecule has 0 saturated carbocycles. The zero-order valence-corrected chi connectivity index (χ0v) is 10.5. The minimum absolute atomic E-state index is 0.0419. The third-order valence-corrected chi connectivity index (χ3v) is 2.98. The van der Waals surface area contributed by atoms with E-state index in [9.17, 15) is 13.6 Å². The molecule has 1 unspecified atom stereocenters. The number of aliphatic carboxylic acids is 1. The molecule has 1 rings (SSSR count). The lowest BCUT2D eigenvalue weighted by Gasteiger charge is -2.26. The molecule has 0 radical (unpaired) electrons. The van der Waals surface area contributed by atoms with Crippen molar-refractivity contribution in [2.24, 2.45) is 0 Å². The lowest BCUT2D eigenvalue weighted by atomic mass is 10.1. The van der Waals surface area contributed by atoms with E-state index in [0.29, 0.717) is 6.42 Å². The van der Waals surface area contributed by atoms with Gasteiger partial charge in [-0.2, -0.15) is 0 Å². The molecule has 3 nitrogen and oxygen atoms in total. The highest BCUT2D eigenvalue weighted by molar-refractivity contribution is 5.69. The molecule has 0 saturated heterocycles. The van der Waals surface area contributed by atoms with Crippen molar-refractivity contribution in [3.63, 3.8) is 0 Å².